The number of nitrogens with one attached hydrogen (secondary N) is 2. The first kappa shape index (κ1) is 16.0. The van der Waals surface area contributed by atoms with Crippen LogP contribution in [0.15, 0.2) is 48.5 Å². The first-order valence-electron chi connectivity index (χ1n) is 8.11. The molecule has 0 bridgehead atoms. The van der Waals surface area contributed by atoms with Gasteiger partial charge in [-0.2, -0.15) is 13.2 Å². The van der Waals surface area contributed by atoms with Crippen molar-refractivity contribution in [3.8, 4) is 0 Å². The van der Waals surface area contributed by atoms with Gasteiger partial charge < -0.3 is 15.2 Å². The zero-order valence-corrected chi connectivity index (χ0v) is 13.3. The Morgan fingerprint density at radius 2 is 1.84 bits per heavy atom. The minimum Gasteiger partial charge on any atom is -0.339 e. The maximum atomic E-state index is 13.2. The number of anilines is 1. The average Bonchev–Trinajstić information content (AvgIpc) is 3.06. The molecule has 0 spiro atoms. The lowest BCUT2D eigenvalue weighted by Gasteiger charge is -2.33. The van der Waals surface area contributed by atoms with Crippen LogP contribution in [0.3, 0.4) is 0 Å². The summed E-state index contributed by atoms with van der Waals surface area (Å²) in [4.78, 5) is 9.28. The molecule has 1 unspecified atom stereocenters. The Kier molecular flexibility index (Phi) is 3.88. The topological polar surface area (TPSA) is 44.0 Å². The molecule has 4 rings (SSSR count). The van der Waals surface area contributed by atoms with Gasteiger partial charge in [-0.1, -0.05) is 36.4 Å². The van der Waals surface area contributed by atoms with Gasteiger partial charge in [0.25, 0.3) is 0 Å². The van der Waals surface area contributed by atoms with Gasteiger partial charge in [0, 0.05) is 25.7 Å². The number of piperazine rings is 1. The van der Waals surface area contributed by atoms with E-state index in [0.29, 0.717) is 24.6 Å². The Morgan fingerprint density at radius 3 is 2.60 bits per heavy atom. The number of hydrogen-bond donors (Lipinski definition) is 2. The van der Waals surface area contributed by atoms with E-state index >= 15 is 0 Å². The number of H-pyrrole nitrogens is 1. The van der Waals surface area contributed by atoms with Gasteiger partial charge >= 0.3 is 6.18 Å². The van der Waals surface area contributed by atoms with Crippen LogP contribution in [-0.2, 0) is 6.18 Å². The molecule has 2 N–H and O–H groups in total. The van der Waals surface area contributed by atoms with E-state index in [1.165, 1.54) is 6.07 Å². The van der Waals surface area contributed by atoms with Crippen LogP contribution in [0.4, 0.5) is 19.1 Å². The molecule has 3 aromatic rings. The summed E-state index contributed by atoms with van der Waals surface area (Å²) in [6.45, 7) is 2.07. The molecular formula is C18H17F3N4. The summed E-state index contributed by atoms with van der Waals surface area (Å²) < 4.78 is 39.5. The van der Waals surface area contributed by atoms with Crippen LogP contribution >= 0.6 is 0 Å². The molecule has 0 saturated carbocycles. The summed E-state index contributed by atoms with van der Waals surface area (Å²) in [6, 6.07) is 14.2. The molecular weight excluding hydrogens is 329 g/mol. The number of alkyl halides is 3. The Balaban J connectivity index is 1.65. The number of rotatable bonds is 2. The van der Waals surface area contributed by atoms with Crippen molar-refractivity contribution in [2.45, 2.75) is 12.2 Å². The molecule has 1 aliphatic rings. The van der Waals surface area contributed by atoms with Crippen molar-refractivity contribution in [2.75, 3.05) is 24.5 Å². The number of nitrogens with zero attached hydrogens (tertiary/aromatic N) is 2. The van der Waals surface area contributed by atoms with Gasteiger partial charge in [0.15, 0.2) is 0 Å². The predicted molar refractivity (Wildman–Crippen MR) is 90.5 cm³/mol. The summed E-state index contributed by atoms with van der Waals surface area (Å²) in [5.74, 6) is 0.481. The van der Waals surface area contributed by atoms with E-state index in [9.17, 15) is 13.2 Å². The zero-order chi connectivity index (χ0) is 17.4. The van der Waals surface area contributed by atoms with Crippen molar-refractivity contribution < 1.29 is 13.2 Å². The van der Waals surface area contributed by atoms with Gasteiger partial charge in [0.2, 0.25) is 5.95 Å². The summed E-state index contributed by atoms with van der Waals surface area (Å²) in [6.07, 6.45) is -4.41. The molecule has 0 radical (unpaired) electrons. The number of halogens is 3. The van der Waals surface area contributed by atoms with E-state index in [2.05, 4.69) is 15.3 Å². The monoisotopic (exact) mass is 346 g/mol. The number of aromatic nitrogens is 2. The minimum atomic E-state index is -4.41. The molecule has 1 aliphatic heterocycles. The largest absolute Gasteiger partial charge is 0.418 e. The van der Waals surface area contributed by atoms with E-state index in [1.54, 1.807) is 6.07 Å². The van der Waals surface area contributed by atoms with Gasteiger partial charge in [-0.05, 0) is 17.7 Å². The number of benzene rings is 2. The highest BCUT2D eigenvalue weighted by Gasteiger charge is 2.34. The first-order valence-corrected chi connectivity index (χ1v) is 8.11. The zero-order valence-electron chi connectivity index (χ0n) is 13.3. The molecule has 2 aromatic carbocycles. The normalized spacial score (nSPS) is 18.7. The van der Waals surface area contributed by atoms with E-state index in [0.717, 1.165) is 18.2 Å². The Labute approximate surface area is 142 Å². The maximum Gasteiger partial charge on any atom is 0.418 e. The lowest BCUT2D eigenvalue weighted by atomic mass is 10.1. The third-order valence-electron chi connectivity index (χ3n) is 4.48. The van der Waals surface area contributed by atoms with Gasteiger partial charge in [0.1, 0.15) is 5.52 Å². The average molecular weight is 346 g/mol. The van der Waals surface area contributed by atoms with Crippen molar-refractivity contribution in [3.05, 3.63) is 59.7 Å². The quantitative estimate of drug-likeness (QED) is 0.743. The fourth-order valence-electron chi connectivity index (χ4n) is 3.25. The molecule has 1 aromatic heterocycles. The van der Waals surface area contributed by atoms with Crippen LogP contribution in [0, 0.1) is 0 Å². The highest BCUT2D eigenvalue weighted by Crippen LogP contribution is 2.35. The van der Waals surface area contributed by atoms with Crippen LogP contribution in [-0.4, -0.2) is 29.6 Å². The highest BCUT2D eigenvalue weighted by molar-refractivity contribution is 5.81. The second kappa shape index (κ2) is 6.07. The highest BCUT2D eigenvalue weighted by atomic mass is 19.4. The summed E-state index contributed by atoms with van der Waals surface area (Å²) >= 11 is 0. The molecule has 2 heterocycles. The number of aromatic amines is 1. The van der Waals surface area contributed by atoms with E-state index < -0.39 is 11.7 Å². The minimum absolute atomic E-state index is 0.0280. The molecule has 25 heavy (non-hydrogen) atoms. The van der Waals surface area contributed by atoms with E-state index in [4.69, 9.17) is 0 Å². The van der Waals surface area contributed by atoms with Crippen molar-refractivity contribution in [1.82, 2.24) is 15.3 Å². The Morgan fingerprint density at radius 1 is 1.04 bits per heavy atom. The number of fused-ring (bicyclic) bond motifs is 1. The summed E-state index contributed by atoms with van der Waals surface area (Å²) in [5, 5.41) is 3.44. The lowest BCUT2D eigenvalue weighted by Crippen LogP contribution is -2.46. The van der Waals surface area contributed by atoms with Crippen LogP contribution < -0.4 is 10.2 Å². The van der Waals surface area contributed by atoms with Crippen LogP contribution in [0.25, 0.3) is 11.0 Å². The first-order chi connectivity index (χ1) is 12.0. The molecule has 1 fully saturated rings. The molecule has 1 atom stereocenters. The van der Waals surface area contributed by atoms with Gasteiger partial charge in [0.05, 0.1) is 11.1 Å². The summed E-state index contributed by atoms with van der Waals surface area (Å²) in [5.41, 5.74) is 0.820. The van der Waals surface area contributed by atoms with E-state index in [-0.39, 0.29) is 11.6 Å². The Bertz CT molecular complexity index is 873. The summed E-state index contributed by atoms with van der Waals surface area (Å²) in [7, 11) is 0. The predicted octanol–water partition coefficient (Wildman–Crippen LogP) is 3.73. The van der Waals surface area contributed by atoms with Crippen molar-refractivity contribution >= 4 is 17.0 Å². The number of para-hydroxylation sites is 1. The van der Waals surface area contributed by atoms with Crippen LogP contribution in [0.5, 0.6) is 0 Å². The van der Waals surface area contributed by atoms with Crippen molar-refractivity contribution in [3.63, 3.8) is 0 Å². The Hall–Kier alpha value is -2.54. The molecule has 1 saturated heterocycles. The maximum absolute atomic E-state index is 13.2. The SMILES string of the molecule is FC(F)(F)c1cccc2[nH]c(N3CCNC(c4ccccc4)C3)nc12. The number of hydrogen-bond acceptors (Lipinski definition) is 3. The van der Waals surface area contributed by atoms with Gasteiger partial charge in [-0.25, -0.2) is 4.98 Å². The van der Waals surface area contributed by atoms with Crippen molar-refractivity contribution in [2.24, 2.45) is 0 Å². The third-order valence-corrected chi connectivity index (χ3v) is 4.48. The number of imidazole rings is 1. The van der Waals surface area contributed by atoms with Gasteiger partial charge in [-0.3, -0.25) is 0 Å². The van der Waals surface area contributed by atoms with E-state index in [1.807, 2.05) is 35.2 Å². The second-order valence-corrected chi connectivity index (χ2v) is 6.12. The van der Waals surface area contributed by atoms with Crippen molar-refractivity contribution in [1.29, 1.82) is 0 Å². The fourth-order valence-corrected chi connectivity index (χ4v) is 3.25. The fraction of sp³-hybridized carbons (Fsp3) is 0.278. The standard InChI is InChI=1S/C18H17F3N4/c19-18(20,21)13-7-4-8-14-16(13)24-17(23-14)25-10-9-22-15(11-25)12-5-2-1-3-6-12/h1-8,15,22H,9-11H2,(H,23,24). The van der Waals surface area contributed by atoms with Crippen LogP contribution in [0.1, 0.15) is 17.2 Å². The van der Waals surface area contributed by atoms with Crippen LogP contribution in [0.2, 0.25) is 0 Å². The van der Waals surface area contributed by atoms with Gasteiger partial charge in [-0.15, -0.1) is 0 Å². The smallest absolute Gasteiger partial charge is 0.339 e. The molecule has 130 valence electrons. The molecule has 0 aliphatic carbocycles. The second-order valence-electron chi connectivity index (χ2n) is 6.12. The lowest BCUT2D eigenvalue weighted by molar-refractivity contribution is -0.136. The third kappa shape index (κ3) is 3.07. The molecule has 7 heteroatoms. The molecule has 0 amide bonds. The molecule has 4 nitrogen and oxygen atoms in total.